The Bertz CT molecular complexity index is 2500. The summed E-state index contributed by atoms with van der Waals surface area (Å²) in [5.41, 5.74) is 18.3. The molecule has 5 rings (SSSR count). The van der Waals surface area contributed by atoms with Gasteiger partial charge in [0, 0.05) is 36.3 Å². The van der Waals surface area contributed by atoms with Gasteiger partial charge in [0.05, 0.1) is 19.6 Å². The number of ether oxygens (including phenoxy) is 1. The quantitative estimate of drug-likeness (QED) is 0.0796. The maximum Gasteiger partial charge on any atom is 0.246 e. The highest BCUT2D eigenvalue weighted by atomic mass is 33.1. The molecule has 10 atom stereocenters. The van der Waals surface area contributed by atoms with Crippen LogP contribution < -0.4 is 59.2 Å². The van der Waals surface area contributed by atoms with Crippen LogP contribution >= 0.6 is 21.6 Å². The standard InChI is InChI=1S/C54H79N11O13S2/c1-5-30(2)44-51(75)64-45(31(3)66)52(76)61-39(27-42(56)68)48(72)62-40(29-79-80-54(21-7-6-8-22-54)28-43(69)58-38(49(73)63-44)26-33-15-19-35(78-4)20-16-33)53(77)65-24-10-12-41(65)50(74)59-36(11-9-23-55)47(71)60-37(46(57)70)25-32-13-17-34(67)18-14-32/h13-20,30-31,36-41,44-45,66-67H,5-12,21-29,55H2,1-4H3,(H2,56,68)(H2,57,70)(H,58,69)(H,59,74)(H,60,71)(H,61,76)(H,62,72)(H,63,73)(H,64,75)/t30-,31-,36-,37+,38+,39+,40+,41-,44+,45-/m0/s1. The van der Waals surface area contributed by atoms with Crippen LogP contribution in [-0.4, -0.2) is 159 Å². The van der Waals surface area contributed by atoms with Gasteiger partial charge in [0.25, 0.3) is 0 Å². The number of nitrogens with two attached hydrogens (primary N) is 3. The summed E-state index contributed by atoms with van der Waals surface area (Å²) in [6.07, 6.45) is 2.33. The molecule has 1 saturated carbocycles. The summed E-state index contributed by atoms with van der Waals surface area (Å²) < 4.78 is 4.59. The molecule has 0 unspecified atom stereocenters. The molecular formula is C54H79N11O13S2. The fourth-order valence-electron chi connectivity index (χ4n) is 9.91. The van der Waals surface area contributed by atoms with Crippen molar-refractivity contribution in [3.05, 3.63) is 59.7 Å². The third-order valence-corrected chi connectivity index (χ3v) is 18.0. The van der Waals surface area contributed by atoms with Crippen molar-refractivity contribution in [1.82, 2.24) is 42.1 Å². The van der Waals surface area contributed by atoms with Crippen LogP contribution in [0.25, 0.3) is 0 Å². The molecule has 0 aromatic heterocycles. The number of aliphatic hydroxyl groups excluding tert-OH is 1. The zero-order valence-corrected chi connectivity index (χ0v) is 47.4. The maximum absolute atomic E-state index is 15.0. The molecule has 440 valence electrons. The molecule has 2 aromatic rings. The van der Waals surface area contributed by atoms with Crippen molar-refractivity contribution in [3.8, 4) is 11.5 Å². The lowest BCUT2D eigenvalue weighted by molar-refractivity contribution is -0.142. The van der Waals surface area contributed by atoms with Gasteiger partial charge < -0.3 is 74.3 Å². The average molecular weight is 1150 g/mol. The number of phenolic OH excluding ortho intramolecular Hbond substituents is 1. The average Bonchev–Trinajstić information content (AvgIpc) is 3.93. The highest BCUT2D eigenvalue weighted by Gasteiger charge is 2.43. The van der Waals surface area contributed by atoms with E-state index < -0.39 is 131 Å². The molecule has 1 spiro atoms. The Labute approximate surface area is 473 Å². The number of phenols is 1. The fourth-order valence-corrected chi connectivity index (χ4v) is 13.3. The van der Waals surface area contributed by atoms with Gasteiger partial charge in [0.15, 0.2) is 0 Å². The minimum absolute atomic E-state index is 0.00521. The van der Waals surface area contributed by atoms with Crippen molar-refractivity contribution in [2.24, 2.45) is 23.1 Å². The SMILES string of the molecule is CC[C@H](C)[C@H]1NC(=O)[C@@H](Cc2ccc(OC)cc2)NC(=O)CC2(CCCCC2)SSC[C@H](C(=O)N2CCC[C@H]2C(=O)N[C@@H](CCCN)C(=O)N[C@H](Cc2ccc(O)cc2)C(N)=O)NC(=O)[C@@H](CC(N)=O)NC(=O)[C@H]([C@H](C)O)NC1=O. The van der Waals surface area contributed by atoms with E-state index in [9.17, 15) is 58.2 Å². The first-order chi connectivity index (χ1) is 38.1. The van der Waals surface area contributed by atoms with E-state index in [-0.39, 0.29) is 63.1 Å². The number of likely N-dealkylation sites (tertiary alicyclic amines) is 1. The minimum atomic E-state index is -1.76. The predicted molar refractivity (Wildman–Crippen MR) is 300 cm³/mol. The summed E-state index contributed by atoms with van der Waals surface area (Å²) in [6.45, 7) is 4.88. The second-order valence-electron chi connectivity index (χ2n) is 20.9. The number of nitrogens with one attached hydrogen (secondary N) is 7. The first kappa shape index (κ1) is 64.2. The van der Waals surface area contributed by atoms with Crippen molar-refractivity contribution in [3.63, 3.8) is 0 Å². The van der Waals surface area contributed by atoms with Gasteiger partial charge in [0.2, 0.25) is 59.1 Å². The van der Waals surface area contributed by atoms with E-state index in [4.69, 9.17) is 21.9 Å². The van der Waals surface area contributed by atoms with Gasteiger partial charge in [-0.05, 0) is 93.3 Å². The third kappa shape index (κ3) is 18.7. The number of benzene rings is 2. The van der Waals surface area contributed by atoms with Crippen LogP contribution in [0.5, 0.6) is 11.5 Å². The molecule has 26 heteroatoms. The number of rotatable bonds is 19. The molecule has 24 nitrogen and oxygen atoms in total. The highest BCUT2D eigenvalue weighted by molar-refractivity contribution is 8.77. The van der Waals surface area contributed by atoms with Crippen molar-refractivity contribution in [2.45, 2.75) is 170 Å². The summed E-state index contributed by atoms with van der Waals surface area (Å²) in [4.78, 5) is 141. The van der Waals surface area contributed by atoms with E-state index >= 15 is 0 Å². The van der Waals surface area contributed by atoms with Crippen LogP contribution in [0.2, 0.25) is 0 Å². The summed E-state index contributed by atoms with van der Waals surface area (Å²) in [7, 11) is 4.05. The Hall–Kier alpha value is -6.64. The first-order valence-corrected chi connectivity index (χ1v) is 29.5. The second-order valence-corrected chi connectivity index (χ2v) is 23.7. The second kappa shape index (κ2) is 30.8. The molecule has 3 fully saturated rings. The Morgan fingerprint density at radius 1 is 0.800 bits per heavy atom. The lowest BCUT2D eigenvalue weighted by Crippen LogP contribution is -2.63. The van der Waals surface area contributed by atoms with Gasteiger partial charge in [-0.2, -0.15) is 0 Å². The highest BCUT2D eigenvalue weighted by Crippen LogP contribution is 2.48. The zero-order chi connectivity index (χ0) is 58.7. The molecular weight excluding hydrogens is 1070 g/mol. The molecule has 2 aliphatic heterocycles. The normalized spacial score (nSPS) is 24.0. The monoisotopic (exact) mass is 1150 g/mol. The summed E-state index contributed by atoms with van der Waals surface area (Å²) in [5.74, 6) is -8.38. The first-order valence-electron chi connectivity index (χ1n) is 27.2. The molecule has 2 saturated heterocycles. The zero-order valence-electron chi connectivity index (χ0n) is 45.8. The van der Waals surface area contributed by atoms with E-state index in [1.807, 2.05) is 0 Å². The number of hydrogen-bond acceptors (Lipinski definition) is 16. The number of hydrogen-bond donors (Lipinski definition) is 12. The minimum Gasteiger partial charge on any atom is -0.508 e. The largest absolute Gasteiger partial charge is 0.508 e. The van der Waals surface area contributed by atoms with E-state index in [0.29, 0.717) is 42.6 Å². The van der Waals surface area contributed by atoms with Gasteiger partial charge in [-0.15, -0.1) is 0 Å². The van der Waals surface area contributed by atoms with Crippen LogP contribution in [0.4, 0.5) is 0 Å². The van der Waals surface area contributed by atoms with E-state index in [1.54, 1.807) is 50.2 Å². The molecule has 1 aliphatic carbocycles. The lowest BCUT2D eigenvalue weighted by Gasteiger charge is -2.37. The molecule has 15 N–H and O–H groups in total. The number of aromatic hydroxyl groups is 1. The van der Waals surface area contributed by atoms with E-state index in [0.717, 1.165) is 19.3 Å². The van der Waals surface area contributed by atoms with Gasteiger partial charge in [-0.25, -0.2) is 0 Å². The molecule has 3 aliphatic rings. The van der Waals surface area contributed by atoms with Gasteiger partial charge >= 0.3 is 0 Å². The molecule has 10 amide bonds. The third-order valence-electron chi connectivity index (χ3n) is 14.7. The Kier molecular flexibility index (Phi) is 24.7. The Morgan fingerprint density at radius 3 is 2.05 bits per heavy atom. The maximum atomic E-state index is 15.0. The fraction of sp³-hybridized carbons (Fsp3) is 0.593. The summed E-state index contributed by atoms with van der Waals surface area (Å²) in [5, 5.41) is 39.3. The number of aliphatic hydroxyl groups is 1. The van der Waals surface area contributed by atoms with Crippen LogP contribution in [0, 0.1) is 5.92 Å². The number of amides is 10. The smallest absolute Gasteiger partial charge is 0.246 e. The van der Waals surface area contributed by atoms with Crippen LogP contribution in [0.1, 0.15) is 109 Å². The summed E-state index contributed by atoms with van der Waals surface area (Å²) >= 11 is 0. The van der Waals surface area contributed by atoms with Gasteiger partial charge in [-0.1, -0.05) is 85.4 Å². The van der Waals surface area contributed by atoms with E-state index in [1.165, 1.54) is 52.7 Å². The number of nitrogens with zero attached hydrogens (tertiary/aromatic N) is 1. The lowest BCUT2D eigenvalue weighted by atomic mass is 9.85. The van der Waals surface area contributed by atoms with Gasteiger partial charge in [-0.3, -0.25) is 47.9 Å². The molecule has 2 aromatic carbocycles. The number of carbonyl (C=O) groups excluding carboxylic acids is 10. The molecule has 0 bridgehead atoms. The van der Waals surface area contributed by atoms with Gasteiger partial charge in [0.1, 0.15) is 59.8 Å². The van der Waals surface area contributed by atoms with Crippen LogP contribution in [-0.2, 0) is 60.8 Å². The van der Waals surface area contributed by atoms with Crippen molar-refractivity contribution in [2.75, 3.05) is 26.0 Å². The molecule has 2 heterocycles. The topological polar surface area (TPSA) is 386 Å². The van der Waals surface area contributed by atoms with Crippen LogP contribution in [0.15, 0.2) is 48.5 Å². The van der Waals surface area contributed by atoms with Crippen molar-refractivity contribution >= 4 is 80.7 Å². The molecule has 0 radical (unpaired) electrons. The Balaban J connectivity index is 1.48. The number of carbonyl (C=O) groups is 10. The van der Waals surface area contributed by atoms with E-state index in [2.05, 4.69) is 37.2 Å². The number of primary amides is 2. The Morgan fingerprint density at radius 2 is 1.44 bits per heavy atom. The predicted octanol–water partition coefficient (Wildman–Crippen LogP) is -0.415. The van der Waals surface area contributed by atoms with Crippen molar-refractivity contribution < 1.29 is 62.9 Å². The molecule has 80 heavy (non-hydrogen) atoms. The van der Waals surface area contributed by atoms with Crippen molar-refractivity contribution in [1.29, 1.82) is 0 Å². The summed E-state index contributed by atoms with van der Waals surface area (Å²) in [6, 6.07) is 1.83. The number of methoxy groups -OCH3 is 1. The van der Waals surface area contributed by atoms with Crippen LogP contribution in [0.3, 0.4) is 0 Å².